The average Bonchev–Trinajstić information content (AvgIpc) is 1.61. The fourth-order valence-electron chi connectivity index (χ4n) is 23.8. The summed E-state index contributed by atoms with van der Waals surface area (Å²) in [6.07, 6.45) is 46.4. The van der Waals surface area contributed by atoms with E-state index in [1.54, 1.807) is 0 Å². The fourth-order valence-corrected chi connectivity index (χ4v) is 23.8. The summed E-state index contributed by atoms with van der Waals surface area (Å²) in [6, 6.07) is 20.4. The Labute approximate surface area is 649 Å². The number of fused-ring (bicyclic) bond motifs is 15. The quantitative estimate of drug-likeness (QED) is 0.240. The van der Waals surface area contributed by atoms with Crippen LogP contribution in [0.15, 0.2) is 24.3 Å². The second kappa shape index (κ2) is 43.2. The molecule has 10 unspecified atom stereocenters. The first-order chi connectivity index (χ1) is 49.0. The highest BCUT2D eigenvalue weighted by molar-refractivity contribution is 5.30. The minimum absolute atomic E-state index is 0. The van der Waals surface area contributed by atoms with Crippen molar-refractivity contribution in [2.45, 2.75) is 436 Å². The van der Waals surface area contributed by atoms with E-state index in [9.17, 15) is 0 Å². The molecule has 19 fully saturated rings. The van der Waals surface area contributed by atoms with Gasteiger partial charge in [-0.15, -0.1) is 0 Å². The molecule has 9 nitrogen and oxygen atoms in total. The lowest BCUT2D eigenvalue weighted by atomic mass is 9.69. The fraction of sp³-hybridized carbons (Fsp3) is 0.937. The standard InChI is InChI=1S/C12H23N.3C11H21N.C11H15N.2C10H19N.C9H17N.C8H15N.2CH4/c1-10(2)13-8-7-11-5-3-4-6-12(11)9-13;1-9(2)12-7-10-3-4-11(8-12)6-5-10;1-9(2)12-7-6-10-4-3-5-11(10)8-12;2*1-9(2)12-7-10-5-3-4-6-11(10)8-12;1-8(2)11-7-9-3-5-10(11)6-4-9;1-8(2)11-6-5-9-3-4-10(9)7-11;1-7(2)10-8-3-4-9(10)6-5-8;1-6(2)9-7-3-4-8(9)5-7;;/h10-12H,3-9H2,1-2H3;3*9-11H,3-8H2,1-2H3;3-6,9H,7-8H2,1-2H3;2*8-10H,3-7H2,1-2H3;7-9H,3-6H2,1-2H3;6-8H,3-5H2,1-2H3;2*1H4. The second-order valence-corrected chi connectivity index (χ2v) is 40.2. The van der Waals surface area contributed by atoms with Crippen LogP contribution in [0.5, 0.6) is 0 Å². The second-order valence-electron chi connectivity index (χ2n) is 40.2. The zero-order valence-corrected chi connectivity index (χ0v) is 70.9. The number of likely N-dealkylation sites (tertiary alicyclic amines) is 4. The Hall–Kier alpha value is -1.14. The molecule has 9 heteroatoms. The monoisotopic (exact) mass is 1450 g/mol. The van der Waals surface area contributed by atoms with Gasteiger partial charge in [-0.3, -0.25) is 19.6 Å². The Morgan fingerprint density at radius 3 is 0.846 bits per heavy atom. The first kappa shape index (κ1) is 88.4. The van der Waals surface area contributed by atoms with Crippen molar-refractivity contribution in [3.8, 4) is 0 Å². The van der Waals surface area contributed by atoms with Crippen LogP contribution >= 0.6 is 0 Å². The summed E-state index contributed by atoms with van der Waals surface area (Å²) in [4.78, 5) is 23.9. The molecule has 7 aliphatic carbocycles. The molecule has 20 aliphatic rings. The molecule has 0 N–H and O–H groups in total. The van der Waals surface area contributed by atoms with E-state index in [1.807, 2.05) is 0 Å². The van der Waals surface area contributed by atoms with Gasteiger partial charge in [0, 0.05) is 150 Å². The van der Waals surface area contributed by atoms with Gasteiger partial charge < -0.3 is 24.5 Å². The van der Waals surface area contributed by atoms with Crippen LogP contribution < -0.4 is 0 Å². The van der Waals surface area contributed by atoms with Crippen LogP contribution in [-0.4, -0.2) is 201 Å². The smallest absolute Gasteiger partial charge is 0.0243 e. The molecule has 1 aromatic carbocycles. The van der Waals surface area contributed by atoms with Gasteiger partial charge in [0.25, 0.3) is 0 Å². The first-order valence-electron chi connectivity index (χ1n) is 45.8. The van der Waals surface area contributed by atoms with Crippen molar-refractivity contribution < 1.29 is 0 Å². The van der Waals surface area contributed by atoms with E-state index in [4.69, 9.17) is 0 Å². The largest absolute Gasteiger partial charge is 0.301 e. The number of piperidine rings is 5. The topological polar surface area (TPSA) is 29.2 Å². The maximum atomic E-state index is 2.72. The van der Waals surface area contributed by atoms with Crippen molar-refractivity contribution in [2.75, 3.05) is 72.0 Å². The summed E-state index contributed by atoms with van der Waals surface area (Å²) in [5, 5.41) is 0. The first-order valence-corrected chi connectivity index (χ1v) is 45.8. The molecule has 104 heavy (non-hydrogen) atoms. The van der Waals surface area contributed by atoms with E-state index in [0.29, 0.717) is 6.04 Å². The molecule has 21 rings (SSSR count). The minimum atomic E-state index is 0. The van der Waals surface area contributed by atoms with Crippen LogP contribution in [-0.2, 0) is 13.1 Å². The molecule has 0 amide bonds. The SMILES string of the molecule is C.C.CC(C)N1C2CCC1C2.CC(C)N1C2CCC1CC2.CC(C)N1CC2CCC(CC2)C1.CC(C)N1CC2CCC1CC2.CC(C)N1CC2CCCCC2C1.CC(C)N1CCC2CCC2C1.CC(C)N1CCC2CCCC2C1.CC(C)N1CCC2CCCCC2C1.CC(C)N1Cc2ccccc2C1. The third kappa shape index (κ3) is 24.9. The van der Waals surface area contributed by atoms with Crippen LogP contribution in [0.1, 0.15) is 350 Å². The van der Waals surface area contributed by atoms with Gasteiger partial charge in [0.2, 0.25) is 0 Å². The lowest BCUT2D eigenvalue weighted by Crippen LogP contribution is -2.51. The normalized spacial score (nSPS) is 35.0. The summed E-state index contributed by atoms with van der Waals surface area (Å²) in [5.41, 5.74) is 3.01. The lowest BCUT2D eigenvalue weighted by molar-refractivity contribution is 0.0250. The molecule has 0 spiro atoms. The minimum Gasteiger partial charge on any atom is -0.301 e. The van der Waals surface area contributed by atoms with E-state index in [0.717, 1.165) is 157 Å². The molecule has 8 bridgehead atoms. The third-order valence-corrected chi connectivity index (χ3v) is 30.8. The Bertz CT molecular complexity index is 2380. The van der Waals surface area contributed by atoms with Crippen LogP contribution in [0.3, 0.4) is 0 Å². The van der Waals surface area contributed by atoms with E-state index < -0.39 is 0 Å². The Morgan fingerprint density at radius 1 is 0.240 bits per heavy atom. The summed E-state index contributed by atoms with van der Waals surface area (Å²) in [6.45, 7) is 59.2. The van der Waals surface area contributed by atoms with E-state index in [1.165, 1.54) is 282 Å². The van der Waals surface area contributed by atoms with Gasteiger partial charge in [0.1, 0.15) is 0 Å². The molecule has 0 radical (unpaired) electrons. The predicted molar refractivity (Wildman–Crippen MR) is 454 cm³/mol. The van der Waals surface area contributed by atoms with Crippen molar-refractivity contribution >= 4 is 0 Å². The van der Waals surface area contributed by atoms with E-state index in [-0.39, 0.29) is 14.9 Å². The zero-order valence-electron chi connectivity index (χ0n) is 70.9. The molecule has 0 aromatic heterocycles. The highest BCUT2D eigenvalue weighted by atomic mass is 15.3. The van der Waals surface area contributed by atoms with Crippen molar-refractivity contribution in [1.29, 1.82) is 0 Å². The van der Waals surface area contributed by atoms with Crippen molar-refractivity contribution in [2.24, 2.45) is 65.1 Å². The van der Waals surface area contributed by atoms with E-state index >= 15 is 0 Å². The molecule has 12 saturated heterocycles. The molecule has 604 valence electrons. The van der Waals surface area contributed by atoms with Crippen molar-refractivity contribution in [3.05, 3.63) is 35.4 Å². The predicted octanol–water partition coefficient (Wildman–Crippen LogP) is 22.2. The third-order valence-electron chi connectivity index (χ3n) is 30.8. The number of hydrogen-bond donors (Lipinski definition) is 0. The van der Waals surface area contributed by atoms with Crippen LogP contribution in [0.4, 0.5) is 0 Å². The Morgan fingerprint density at radius 2 is 0.529 bits per heavy atom. The lowest BCUT2D eigenvalue weighted by Gasteiger charge is -2.47. The molecule has 1 aromatic rings. The molecular weight excluding hydrogens is 1270 g/mol. The van der Waals surface area contributed by atoms with Gasteiger partial charge in [0.05, 0.1) is 0 Å². The number of rotatable bonds is 9. The highest BCUT2D eigenvalue weighted by Gasteiger charge is 2.46. The summed E-state index contributed by atoms with van der Waals surface area (Å²) in [7, 11) is 0. The summed E-state index contributed by atoms with van der Waals surface area (Å²) < 4.78 is 0. The Kier molecular flexibility index (Phi) is 36.7. The average molecular weight is 1450 g/mol. The van der Waals surface area contributed by atoms with Crippen LogP contribution in [0.2, 0.25) is 0 Å². The van der Waals surface area contributed by atoms with Gasteiger partial charge in [-0.05, 0) is 375 Å². The maximum absolute atomic E-state index is 2.72. The molecular formula is C95H179N9. The van der Waals surface area contributed by atoms with Gasteiger partial charge in [0.15, 0.2) is 0 Å². The van der Waals surface area contributed by atoms with Gasteiger partial charge in [-0.1, -0.05) is 84.1 Å². The summed E-state index contributed by atoms with van der Waals surface area (Å²) in [5.74, 6) is 11.7. The van der Waals surface area contributed by atoms with Crippen molar-refractivity contribution in [3.63, 3.8) is 0 Å². The van der Waals surface area contributed by atoms with Crippen molar-refractivity contribution in [1.82, 2.24) is 44.1 Å². The van der Waals surface area contributed by atoms with Gasteiger partial charge >= 0.3 is 0 Å². The molecule has 7 saturated carbocycles. The maximum Gasteiger partial charge on any atom is 0.0243 e. The Balaban J connectivity index is 0.000000148. The molecule has 13 heterocycles. The zero-order chi connectivity index (χ0) is 72.7. The number of nitrogens with zero attached hydrogens (tertiary/aromatic N) is 9. The van der Waals surface area contributed by atoms with Crippen LogP contribution in [0, 0.1) is 65.1 Å². The molecule has 10 atom stereocenters. The number of hydrogen-bond acceptors (Lipinski definition) is 9. The van der Waals surface area contributed by atoms with Gasteiger partial charge in [-0.2, -0.15) is 0 Å². The van der Waals surface area contributed by atoms with Crippen LogP contribution in [0.25, 0.3) is 0 Å². The summed E-state index contributed by atoms with van der Waals surface area (Å²) >= 11 is 0. The highest BCUT2D eigenvalue weighted by Crippen LogP contribution is 2.45. The van der Waals surface area contributed by atoms with Gasteiger partial charge in [-0.25, -0.2) is 0 Å². The molecule has 13 aliphatic heterocycles. The van der Waals surface area contributed by atoms with E-state index in [2.05, 4.69) is 193 Å². The number of benzene rings is 1.